The number of nitrogens with one attached hydrogen (secondary N) is 7. The van der Waals surface area contributed by atoms with Crippen molar-refractivity contribution in [1.29, 1.82) is 0 Å². The number of ether oxygens (including phenoxy) is 9. The van der Waals surface area contributed by atoms with E-state index in [1.165, 1.54) is 30.6 Å². The van der Waals surface area contributed by atoms with Gasteiger partial charge in [0.1, 0.15) is 79.8 Å². The standard InChI is InChI=1S/C53H96N9O30PS/c1-30(66)58-42-48(78)45(75)34(26-63)90-51(42)86-19-16-83-13-8-54-38(71)23-61(24-39(72)55-9-14-84-17-20-87-52-43(59-31(2)67)49(79)46(76)35(27-64)91-52)11-5-12-62(41(74)7-4-6-37(70)57-22-33(69)29-89-93(81,82)94)25-40(73)56-10-15-85-18-21-88-53-44(60-32(3)68)50(80)47(77)36(28-65)92-53/h33-36,42-53,63-65,69,75-80H,4-29H2,1-3H3,(H,54,71)(H,55,72)(H,56,73)(H,57,70)(H,58,66)(H,59,67)(H,60,68)(H2,81,82,94)/p-1/t33-,34?,35?,36?,42?,43?,44?,45?,46?,47?,48?,49?,50?,51?,52?,53?/m1/s1. The van der Waals surface area contributed by atoms with E-state index in [9.17, 15) is 94.3 Å². The summed E-state index contributed by atoms with van der Waals surface area (Å²) in [5.41, 5.74) is 0. The van der Waals surface area contributed by atoms with Crippen molar-refractivity contribution in [3.8, 4) is 0 Å². The Morgan fingerprint density at radius 2 is 0.883 bits per heavy atom. The van der Waals surface area contributed by atoms with Crippen LogP contribution < -0.4 is 42.1 Å². The molecule has 0 aromatic heterocycles. The summed E-state index contributed by atoms with van der Waals surface area (Å²) in [5.74, 6) is -4.61. The molecule has 39 nitrogen and oxygen atoms in total. The fraction of sp³-hybridized carbons (Fsp3) is 0.849. The fourth-order valence-electron chi connectivity index (χ4n) is 9.46. The molecule has 544 valence electrons. The first-order chi connectivity index (χ1) is 44.6. The molecule has 94 heavy (non-hydrogen) atoms. The minimum Gasteiger partial charge on any atom is -0.780 e. The van der Waals surface area contributed by atoms with E-state index in [4.69, 9.17) is 47.5 Å². The zero-order valence-corrected chi connectivity index (χ0v) is 54.3. The molecule has 3 rings (SSSR count). The second-order valence-electron chi connectivity index (χ2n) is 21.8. The number of nitrogens with zero attached hydrogens (tertiary/aromatic N) is 2. The smallest absolute Gasteiger partial charge is 0.239 e. The second-order valence-corrected chi connectivity index (χ2v) is 24.3. The molecule has 3 heterocycles. The van der Waals surface area contributed by atoms with Gasteiger partial charge in [-0.1, -0.05) is 11.8 Å². The molecule has 0 aromatic carbocycles. The lowest BCUT2D eigenvalue weighted by Gasteiger charge is -2.42. The molecule has 0 radical (unpaired) electrons. The highest BCUT2D eigenvalue weighted by atomic mass is 32.5. The van der Waals surface area contributed by atoms with E-state index in [0.717, 1.165) is 0 Å². The molecule has 8 amide bonds. The van der Waals surface area contributed by atoms with E-state index in [2.05, 4.69) is 53.5 Å². The van der Waals surface area contributed by atoms with Crippen LogP contribution in [0.25, 0.3) is 0 Å². The molecule has 3 fully saturated rings. The van der Waals surface area contributed by atoms with Gasteiger partial charge in [0.25, 0.3) is 0 Å². The highest BCUT2D eigenvalue weighted by molar-refractivity contribution is 8.06. The molecule has 0 bridgehead atoms. The number of amides is 8. The van der Waals surface area contributed by atoms with Crippen molar-refractivity contribution in [2.75, 3.05) is 145 Å². The van der Waals surface area contributed by atoms with Gasteiger partial charge in [-0.3, -0.25) is 43.3 Å². The fourth-order valence-corrected chi connectivity index (χ4v) is 10.0. The zero-order chi connectivity index (χ0) is 69.9. The van der Waals surface area contributed by atoms with Crippen molar-refractivity contribution in [3.63, 3.8) is 0 Å². The van der Waals surface area contributed by atoms with Gasteiger partial charge in [0.15, 0.2) is 18.9 Å². The molecule has 0 saturated carbocycles. The van der Waals surface area contributed by atoms with Gasteiger partial charge < -0.3 is 150 Å². The summed E-state index contributed by atoms with van der Waals surface area (Å²) in [6.07, 6.45) is -18.5. The Bertz CT molecular complexity index is 2270. The van der Waals surface area contributed by atoms with Crippen molar-refractivity contribution in [1.82, 2.24) is 47.0 Å². The van der Waals surface area contributed by atoms with Crippen molar-refractivity contribution < 1.29 is 146 Å². The Morgan fingerprint density at radius 1 is 0.511 bits per heavy atom. The molecule has 3 aliphatic heterocycles. The minimum absolute atomic E-state index is 0.0235. The molecule has 0 spiro atoms. The quantitative estimate of drug-likeness (QED) is 0.0199. The number of hydrogen-bond donors (Lipinski definition) is 18. The lowest BCUT2D eigenvalue weighted by molar-refractivity contribution is -0.272. The highest BCUT2D eigenvalue weighted by Crippen LogP contribution is 2.31. The Hall–Kier alpha value is -4.51. The third kappa shape index (κ3) is 32.2. The lowest BCUT2D eigenvalue weighted by Crippen LogP contribution is -2.64. The highest BCUT2D eigenvalue weighted by Gasteiger charge is 2.48. The van der Waals surface area contributed by atoms with E-state index in [1.807, 2.05) is 0 Å². The van der Waals surface area contributed by atoms with Crippen LogP contribution in [0.1, 0.15) is 46.5 Å². The van der Waals surface area contributed by atoms with Gasteiger partial charge in [0.05, 0.1) is 112 Å². The van der Waals surface area contributed by atoms with Gasteiger partial charge in [-0.15, -0.1) is 0 Å². The molecule has 18 N–H and O–H groups in total. The van der Waals surface area contributed by atoms with Gasteiger partial charge >= 0.3 is 0 Å². The van der Waals surface area contributed by atoms with Gasteiger partial charge in [0.2, 0.25) is 47.3 Å². The van der Waals surface area contributed by atoms with Crippen molar-refractivity contribution in [2.45, 2.75) is 144 Å². The van der Waals surface area contributed by atoms with E-state index >= 15 is 0 Å². The molecule has 3 saturated heterocycles. The predicted molar refractivity (Wildman–Crippen MR) is 318 cm³/mol. The third-order valence-electron chi connectivity index (χ3n) is 14.1. The normalized spacial score (nSPS) is 27.1. The SMILES string of the molecule is CC(=O)NC1C(OCCOCCNC(=O)CN(CCCN(CC(=O)NCCOCCOC2OC(CO)C(O)C(O)C2NC(C)=O)C(=O)CCCC(=O)NC[C@@H](O)COP([O-])(O)=S)CC(=O)NCCOCCOC2OC(CO)C(O)C(O)C2NC(C)=O)OC(CO)C(O)C1O. The second kappa shape index (κ2) is 45.1. The average Bonchev–Trinajstić information content (AvgIpc) is 0.831. The van der Waals surface area contributed by atoms with E-state index in [0.29, 0.717) is 0 Å². The summed E-state index contributed by atoms with van der Waals surface area (Å²) in [6, 6.07) is -3.55. The average molecular weight is 1400 g/mol. The molecule has 3 aliphatic rings. The molecule has 0 aliphatic carbocycles. The van der Waals surface area contributed by atoms with Crippen LogP contribution in [0.2, 0.25) is 0 Å². The monoisotopic (exact) mass is 1400 g/mol. The van der Waals surface area contributed by atoms with Crippen LogP contribution in [-0.2, 0) is 97.3 Å². The van der Waals surface area contributed by atoms with Crippen LogP contribution in [0.5, 0.6) is 0 Å². The first kappa shape index (κ1) is 83.7. The summed E-state index contributed by atoms with van der Waals surface area (Å²) in [5, 5.41) is 119. The minimum atomic E-state index is -4.31. The van der Waals surface area contributed by atoms with Crippen LogP contribution in [0.3, 0.4) is 0 Å². The number of aliphatic hydroxyl groups is 10. The summed E-state index contributed by atoms with van der Waals surface area (Å²) >= 11 is 4.24. The number of hydrogen-bond acceptors (Lipinski definition) is 31. The lowest BCUT2D eigenvalue weighted by atomic mass is 9.97. The van der Waals surface area contributed by atoms with Crippen LogP contribution >= 0.6 is 6.72 Å². The Morgan fingerprint density at radius 3 is 1.23 bits per heavy atom. The van der Waals surface area contributed by atoms with Gasteiger partial charge in [-0.25, -0.2) is 0 Å². The predicted octanol–water partition coefficient (Wildman–Crippen LogP) is -12.0. The van der Waals surface area contributed by atoms with E-state index in [1.54, 1.807) is 0 Å². The summed E-state index contributed by atoms with van der Waals surface area (Å²) < 4.78 is 54.6. The largest absolute Gasteiger partial charge is 0.780 e. The maximum Gasteiger partial charge on any atom is 0.239 e. The van der Waals surface area contributed by atoms with E-state index in [-0.39, 0.29) is 138 Å². The summed E-state index contributed by atoms with van der Waals surface area (Å²) in [4.78, 5) is 125. The zero-order valence-electron chi connectivity index (χ0n) is 52.5. The number of rotatable bonds is 46. The van der Waals surface area contributed by atoms with Crippen LogP contribution in [0.15, 0.2) is 0 Å². The van der Waals surface area contributed by atoms with Crippen molar-refractivity contribution >= 4 is 65.8 Å². The number of carbonyl (C=O) groups is 8. The third-order valence-corrected chi connectivity index (χ3v) is 14.9. The molecule has 41 heteroatoms. The Balaban J connectivity index is 1.64. The van der Waals surface area contributed by atoms with Gasteiger partial charge in [0, 0.05) is 72.9 Å². The summed E-state index contributed by atoms with van der Waals surface area (Å²) in [6.45, 7) is -6.17. The van der Waals surface area contributed by atoms with Crippen molar-refractivity contribution in [3.05, 3.63) is 0 Å². The maximum absolute atomic E-state index is 13.8. The van der Waals surface area contributed by atoms with Crippen LogP contribution in [0, 0.1) is 0 Å². The van der Waals surface area contributed by atoms with E-state index < -0.39 is 185 Å². The van der Waals surface area contributed by atoms with Gasteiger partial charge in [-0.05, 0) is 12.8 Å². The first-order valence-electron chi connectivity index (χ1n) is 30.3. The maximum atomic E-state index is 13.8. The van der Waals surface area contributed by atoms with Crippen molar-refractivity contribution in [2.24, 2.45) is 0 Å². The molecule has 16 unspecified atom stereocenters. The van der Waals surface area contributed by atoms with Gasteiger partial charge in [-0.2, -0.15) is 0 Å². The summed E-state index contributed by atoms with van der Waals surface area (Å²) in [7, 11) is 0. The molecular formula is C53H95N9O30PS-. The number of aliphatic hydroxyl groups excluding tert-OH is 10. The number of carbonyl (C=O) groups excluding carboxylic acids is 8. The molecular weight excluding hydrogens is 1310 g/mol. The Kier molecular flexibility index (Phi) is 40.2. The van der Waals surface area contributed by atoms with Crippen LogP contribution in [-0.4, -0.2) is 356 Å². The topological polar surface area (TPSA) is 565 Å². The molecule has 0 aromatic rings. The Labute approximate surface area is 546 Å². The molecule has 17 atom stereocenters. The van der Waals surface area contributed by atoms with Crippen LogP contribution in [0.4, 0.5) is 0 Å². The first-order valence-corrected chi connectivity index (χ1v) is 32.9.